The molecular weight excluding hydrogens is 361 g/mol. The summed E-state index contributed by atoms with van der Waals surface area (Å²) in [7, 11) is 0. The van der Waals surface area contributed by atoms with Crippen LogP contribution in [0.2, 0.25) is 0 Å². The number of nitrogens with one attached hydrogen (secondary N) is 1. The zero-order valence-electron chi connectivity index (χ0n) is 15.0. The van der Waals surface area contributed by atoms with Crippen LogP contribution in [0, 0.1) is 5.82 Å². The van der Waals surface area contributed by atoms with Crippen LogP contribution in [-0.2, 0) is 0 Å². The van der Waals surface area contributed by atoms with Crippen LogP contribution in [0.3, 0.4) is 0 Å². The maximum absolute atomic E-state index is 13.7. The van der Waals surface area contributed by atoms with E-state index in [1.807, 2.05) is 12.3 Å². The van der Waals surface area contributed by atoms with Crippen LogP contribution in [0.15, 0.2) is 36.9 Å². The summed E-state index contributed by atoms with van der Waals surface area (Å²) in [4.78, 5) is 29.5. The number of nitrogens with two attached hydrogens (primary N) is 1. The van der Waals surface area contributed by atoms with Gasteiger partial charge in [-0.15, -0.1) is 0 Å². The van der Waals surface area contributed by atoms with E-state index in [1.165, 1.54) is 12.3 Å². The van der Waals surface area contributed by atoms with Crippen molar-refractivity contribution in [2.24, 2.45) is 5.73 Å². The number of hydrogen-bond acceptors (Lipinski definition) is 4. The molecule has 142 valence electrons. The van der Waals surface area contributed by atoms with Gasteiger partial charge in [-0.2, -0.15) is 0 Å². The SMILES string of the molecule is NC(=O)N1CCCC(n2ccc3cnc(-c4c[nH]c5ncc(F)cc45)nc32)C1. The van der Waals surface area contributed by atoms with Crippen LogP contribution in [0.25, 0.3) is 33.5 Å². The second kappa shape index (κ2) is 6.29. The second-order valence-electron chi connectivity index (χ2n) is 7.03. The normalized spacial score (nSPS) is 17.5. The molecule has 1 unspecified atom stereocenters. The third-order valence-corrected chi connectivity index (χ3v) is 5.30. The Hall–Kier alpha value is -3.49. The number of nitrogens with zero attached hydrogens (tertiary/aromatic N) is 5. The first-order valence-electron chi connectivity index (χ1n) is 9.11. The molecule has 4 aromatic rings. The standard InChI is InChI=1S/C19H18FN7O/c20-12-6-14-15(9-24-16(14)23-8-12)17-22-7-11-3-5-27(18(11)25-17)13-2-1-4-26(10-13)19(21)28/h3,5-9,13H,1-2,4,10H2,(H2,21,28)(H,23,24). The van der Waals surface area contributed by atoms with E-state index in [1.54, 1.807) is 17.3 Å². The summed E-state index contributed by atoms with van der Waals surface area (Å²) >= 11 is 0. The summed E-state index contributed by atoms with van der Waals surface area (Å²) in [5.74, 6) is 0.0835. The van der Waals surface area contributed by atoms with Crippen molar-refractivity contribution in [3.8, 4) is 11.4 Å². The van der Waals surface area contributed by atoms with Crippen LogP contribution in [0.1, 0.15) is 18.9 Å². The Bertz CT molecular complexity index is 1200. The highest BCUT2D eigenvalue weighted by molar-refractivity contribution is 5.92. The molecule has 3 N–H and O–H groups in total. The van der Waals surface area contributed by atoms with Gasteiger partial charge in [0.2, 0.25) is 0 Å². The Morgan fingerprint density at radius 1 is 1.32 bits per heavy atom. The number of urea groups is 1. The second-order valence-corrected chi connectivity index (χ2v) is 7.03. The van der Waals surface area contributed by atoms with E-state index >= 15 is 0 Å². The molecule has 2 amide bonds. The van der Waals surface area contributed by atoms with Crippen LogP contribution >= 0.6 is 0 Å². The number of halogens is 1. The average molecular weight is 379 g/mol. The molecular formula is C19H18FN7O. The summed E-state index contributed by atoms with van der Waals surface area (Å²) in [6.45, 7) is 1.24. The molecule has 1 fully saturated rings. The highest BCUT2D eigenvalue weighted by Gasteiger charge is 2.24. The van der Waals surface area contributed by atoms with Crippen molar-refractivity contribution >= 4 is 28.1 Å². The van der Waals surface area contributed by atoms with Crippen LogP contribution in [0.5, 0.6) is 0 Å². The summed E-state index contributed by atoms with van der Waals surface area (Å²) in [5.41, 5.74) is 7.52. The predicted molar refractivity (Wildman–Crippen MR) is 102 cm³/mol. The highest BCUT2D eigenvalue weighted by atomic mass is 19.1. The Kier molecular flexibility index (Phi) is 3.75. The van der Waals surface area contributed by atoms with Gasteiger partial charge in [0.1, 0.15) is 17.1 Å². The molecule has 4 aromatic heterocycles. The zero-order chi connectivity index (χ0) is 19.3. The molecule has 0 bridgehead atoms. The van der Waals surface area contributed by atoms with Crippen molar-refractivity contribution in [3.05, 3.63) is 42.7 Å². The molecule has 1 atom stereocenters. The van der Waals surface area contributed by atoms with Crippen LogP contribution in [0.4, 0.5) is 9.18 Å². The Balaban J connectivity index is 1.58. The number of amides is 2. The number of rotatable bonds is 2. The summed E-state index contributed by atoms with van der Waals surface area (Å²) in [5, 5.41) is 1.54. The quantitative estimate of drug-likeness (QED) is 0.558. The van der Waals surface area contributed by atoms with Gasteiger partial charge in [-0.1, -0.05) is 0 Å². The average Bonchev–Trinajstić information content (AvgIpc) is 3.31. The van der Waals surface area contributed by atoms with Gasteiger partial charge in [0, 0.05) is 48.0 Å². The predicted octanol–water partition coefficient (Wildman–Crippen LogP) is 2.83. The molecule has 28 heavy (non-hydrogen) atoms. The largest absolute Gasteiger partial charge is 0.351 e. The van der Waals surface area contributed by atoms with Gasteiger partial charge in [0.05, 0.1) is 12.2 Å². The monoisotopic (exact) mass is 379 g/mol. The number of H-pyrrole nitrogens is 1. The first-order valence-corrected chi connectivity index (χ1v) is 9.11. The molecule has 1 saturated heterocycles. The van der Waals surface area contributed by atoms with Crippen molar-refractivity contribution in [1.29, 1.82) is 0 Å². The van der Waals surface area contributed by atoms with Crippen molar-refractivity contribution in [1.82, 2.24) is 29.4 Å². The molecule has 0 spiro atoms. The molecule has 0 saturated carbocycles. The van der Waals surface area contributed by atoms with Crippen molar-refractivity contribution in [3.63, 3.8) is 0 Å². The Morgan fingerprint density at radius 3 is 3.07 bits per heavy atom. The minimum atomic E-state index is -0.411. The lowest BCUT2D eigenvalue weighted by Crippen LogP contribution is -2.43. The number of carbonyl (C=O) groups is 1. The van der Waals surface area contributed by atoms with E-state index in [9.17, 15) is 9.18 Å². The first-order chi connectivity index (χ1) is 13.6. The van der Waals surface area contributed by atoms with E-state index in [0.717, 1.165) is 23.9 Å². The van der Waals surface area contributed by atoms with E-state index in [4.69, 9.17) is 10.7 Å². The Morgan fingerprint density at radius 2 is 2.21 bits per heavy atom. The highest BCUT2D eigenvalue weighted by Crippen LogP contribution is 2.29. The fourth-order valence-electron chi connectivity index (χ4n) is 3.91. The van der Waals surface area contributed by atoms with Crippen molar-refractivity contribution in [2.75, 3.05) is 13.1 Å². The number of primary amides is 1. The molecule has 9 heteroatoms. The molecule has 5 rings (SSSR count). The van der Waals surface area contributed by atoms with Crippen molar-refractivity contribution in [2.45, 2.75) is 18.9 Å². The van der Waals surface area contributed by atoms with E-state index in [2.05, 4.69) is 19.5 Å². The molecule has 5 heterocycles. The first kappa shape index (κ1) is 16.7. The lowest BCUT2D eigenvalue weighted by molar-refractivity contribution is 0.176. The van der Waals surface area contributed by atoms with Gasteiger partial charge in [-0.05, 0) is 25.0 Å². The summed E-state index contributed by atoms with van der Waals surface area (Å²) in [6, 6.07) is 3.08. The molecule has 1 aliphatic rings. The van der Waals surface area contributed by atoms with Gasteiger partial charge in [-0.25, -0.2) is 24.1 Å². The molecule has 0 radical (unpaired) electrons. The molecule has 0 aromatic carbocycles. The number of aromatic nitrogens is 5. The van der Waals surface area contributed by atoms with E-state index < -0.39 is 11.8 Å². The minimum Gasteiger partial charge on any atom is -0.351 e. The number of fused-ring (bicyclic) bond motifs is 2. The lowest BCUT2D eigenvalue weighted by Gasteiger charge is -2.32. The number of pyridine rings is 1. The maximum Gasteiger partial charge on any atom is 0.314 e. The topological polar surface area (TPSA) is 106 Å². The molecule has 8 nitrogen and oxygen atoms in total. The summed E-state index contributed by atoms with van der Waals surface area (Å²) < 4.78 is 15.7. The van der Waals surface area contributed by atoms with E-state index in [0.29, 0.717) is 35.5 Å². The van der Waals surface area contributed by atoms with Gasteiger partial charge >= 0.3 is 6.03 Å². The van der Waals surface area contributed by atoms with E-state index in [-0.39, 0.29) is 6.04 Å². The van der Waals surface area contributed by atoms with Gasteiger partial charge in [0.15, 0.2) is 5.82 Å². The van der Waals surface area contributed by atoms with Gasteiger partial charge in [0.25, 0.3) is 0 Å². The lowest BCUT2D eigenvalue weighted by atomic mass is 10.1. The smallest absolute Gasteiger partial charge is 0.314 e. The number of piperidine rings is 1. The molecule has 0 aliphatic carbocycles. The number of hydrogen-bond donors (Lipinski definition) is 2. The van der Waals surface area contributed by atoms with Gasteiger partial charge in [-0.3, -0.25) is 0 Å². The number of likely N-dealkylation sites (tertiary alicyclic amines) is 1. The maximum atomic E-state index is 13.7. The zero-order valence-corrected chi connectivity index (χ0v) is 15.0. The van der Waals surface area contributed by atoms with Gasteiger partial charge < -0.3 is 20.2 Å². The fraction of sp³-hybridized carbons (Fsp3) is 0.263. The molecule has 1 aliphatic heterocycles. The van der Waals surface area contributed by atoms with Crippen molar-refractivity contribution < 1.29 is 9.18 Å². The third kappa shape index (κ3) is 2.67. The number of carbonyl (C=O) groups excluding carboxylic acids is 1. The summed E-state index contributed by atoms with van der Waals surface area (Å²) in [6.07, 6.45) is 8.46. The van der Waals surface area contributed by atoms with Crippen LogP contribution < -0.4 is 5.73 Å². The third-order valence-electron chi connectivity index (χ3n) is 5.30. The minimum absolute atomic E-state index is 0.101. The Labute approximate surface area is 159 Å². The van der Waals surface area contributed by atoms with Crippen LogP contribution in [-0.4, -0.2) is 48.5 Å². The fourth-order valence-corrected chi connectivity index (χ4v) is 3.91. The number of aromatic amines is 1.